The summed E-state index contributed by atoms with van der Waals surface area (Å²) in [5.41, 5.74) is 1.42. The van der Waals surface area contributed by atoms with Crippen molar-refractivity contribution >= 4 is 0 Å². The van der Waals surface area contributed by atoms with Crippen molar-refractivity contribution in [3.63, 3.8) is 0 Å². The minimum absolute atomic E-state index is 0.446. The number of fused-ring (bicyclic) bond motifs is 2. The molecule has 22 heavy (non-hydrogen) atoms. The van der Waals surface area contributed by atoms with Gasteiger partial charge in [-0.2, -0.15) is 0 Å². The number of rotatable bonds is 6. The van der Waals surface area contributed by atoms with Gasteiger partial charge < -0.3 is 9.47 Å². The van der Waals surface area contributed by atoms with Gasteiger partial charge in [0.05, 0.1) is 12.2 Å². The van der Waals surface area contributed by atoms with Crippen molar-refractivity contribution < 1.29 is 9.47 Å². The predicted octanol–water partition coefficient (Wildman–Crippen LogP) is 4.87. The zero-order valence-corrected chi connectivity index (χ0v) is 13.2. The molecule has 0 amide bonds. The van der Waals surface area contributed by atoms with Crippen molar-refractivity contribution in [2.75, 3.05) is 0 Å². The lowest BCUT2D eigenvalue weighted by Gasteiger charge is -2.22. The van der Waals surface area contributed by atoms with Gasteiger partial charge in [-0.15, -0.1) is 0 Å². The molecule has 2 radical (unpaired) electrons. The van der Waals surface area contributed by atoms with Crippen LogP contribution in [0, 0.1) is 25.0 Å². The van der Waals surface area contributed by atoms with E-state index >= 15 is 0 Å². The molecule has 5 rings (SSSR count). The highest BCUT2D eigenvalue weighted by Gasteiger charge is 2.51. The quantitative estimate of drug-likeness (QED) is 0.746. The Labute approximate surface area is 134 Å². The molecular formula is C20H26O2. The molecule has 4 fully saturated rings. The van der Waals surface area contributed by atoms with Gasteiger partial charge in [-0.1, -0.05) is 43.7 Å². The van der Waals surface area contributed by atoms with E-state index in [0.717, 1.165) is 43.8 Å². The van der Waals surface area contributed by atoms with Crippen LogP contribution < -0.4 is 0 Å². The Bertz CT molecular complexity index is 468. The lowest BCUT2D eigenvalue weighted by atomic mass is 9.90. The maximum Gasteiger partial charge on any atom is 0.224 e. The van der Waals surface area contributed by atoms with Gasteiger partial charge in [-0.3, -0.25) is 0 Å². The Morgan fingerprint density at radius 1 is 0.955 bits per heavy atom. The van der Waals surface area contributed by atoms with Crippen LogP contribution in [0.2, 0.25) is 0 Å². The van der Waals surface area contributed by atoms with Gasteiger partial charge >= 0.3 is 0 Å². The van der Waals surface area contributed by atoms with Gasteiger partial charge in [0.15, 0.2) is 0 Å². The van der Waals surface area contributed by atoms with Crippen molar-refractivity contribution in [3.8, 4) is 0 Å². The molecule has 2 aliphatic carbocycles. The van der Waals surface area contributed by atoms with Crippen LogP contribution in [0.3, 0.4) is 0 Å². The van der Waals surface area contributed by atoms with Crippen LogP contribution in [0.1, 0.15) is 56.4 Å². The Kier molecular flexibility index (Phi) is 4.23. The predicted molar refractivity (Wildman–Crippen MR) is 86.8 cm³/mol. The van der Waals surface area contributed by atoms with Crippen LogP contribution in [0.5, 0.6) is 0 Å². The first-order valence-electron chi connectivity index (χ1n) is 8.87. The van der Waals surface area contributed by atoms with Crippen LogP contribution in [0.25, 0.3) is 0 Å². The monoisotopic (exact) mass is 298 g/mol. The highest BCUT2D eigenvalue weighted by atomic mass is 16.7. The summed E-state index contributed by atoms with van der Waals surface area (Å²) >= 11 is 0. The first kappa shape index (κ1) is 14.7. The Morgan fingerprint density at radius 3 is 2.23 bits per heavy atom. The first-order chi connectivity index (χ1) is 10.8. The maximum absolute atomic E-state index is 6.20. The second-order valence-electron chi connectivity index (χ2n) is 7.20. The fourth-order valence-corrected chi connectivity index (χ4v) is 4.68. The Balaban J connectivity index is 1.37. The third-order valence-corrected chi connectivity index (χ3v) is 5.81. The zero-order valence-electron chi connectivity index (χ0n) is 13.2. The Hall–Kier alpha value is -0.860. The number of ether oxygens (including phenoxy) is 2. The second-order valence-corrected chi connectivity index (χ2v) is 7.20. The van der Waals surface area contributed by atoms with Gasteiger partial charge in [0.1, 0.15) is 0 Å². The van der Waals surface area contributed by atoms with Gasteiger partial charge in [0.25, 0.3) is 0 Å². The molecular weight excluding hydrogens is 272 g/mol. The molecule has 0 aromatic heterocycles. The topological polar surface area (TPSA) is 18.5 Å². The fourth-order valence-electron chi connectivity index (χ4n) is 4.68. The van der Waals surface area contributed by atoms with Gasteiger partial charge in [-0.05, 0) is 55.4 Å². The summed E-state index contributed by atoms with van der Waals surface area (Å²) in [5.74, 6) is 2.09. The summed E-state index contributed by atoms with van der Waals surface area (Å²) in [7, 11) is 0. The fraction of sp³-hybridized carbons (Fsp3) is 0.600. The van der Waals surface area contributed by atoms with E-state index in [4.69, 9.17) is 9.47 Å². The van der Waals surface area contributed by atoms with Gasteiger partial charge in [0.2, 0.25) is 6.29 Å². The van der Waals surface area contributed by atoms with E-state index in [2.05, 4.69) is 37.3 Å². The van der Waals surface area contributed by atoms with Crippen molar-refractivity contribution in [2.45, 2.75) is 63.1 Å². The Morgan fingerprint density at radius 2 is 1.64 bits per heavy atom. The molecule has 2 saturated heterocycles. The van der Waals surface area contributed by atoms with Crippen LogP contribution in [0.4, 0.5) is 0 Å². The van der Waals surface area contributed by atoms with Crippen molar-refractivity contribution in [2.24, 2.45) is 11.8 Å². The maximum atomic E-state index is 6.20. The molecule has 5 atom stereocenters. The minimum Gasteiger partial charge on any atom is -0.342 e. The molecule has 2 heterocycles. The third-order valence-electron chi connectivity index (χ3n) is 5.81. The van der Waals surface area contributed by atoms with E-state index in [1.165, 1.54) is 24.8 Å². The summed E-state index contributed by atoms with van der Waals surface area (Å²) in [6, 6.07) is 10.8. The molecule has 5 unspecified atom stereocenters. The summed E-state index contributed by atoms with van der Waals surface area (Å²) in [4.78, 5) is 0. The lowest BCUT2D eigenvalue weighted by Crippen LogP contribution is -2.22. The molecule has 0 spiro atoms. The molecule has 4 aliphatic rings. The molecule has 1 aromatic carbocycles. The highest BCUT2D eigenvalue weighted by Crippen LogP contribution is 2.52. The summed E-state index contributed by atoms with van der Waals surface area (Å²) in [6.07, 6.45) is 9.74. The summed E-state index contributed by atoms with van der Waals surface area (Å²) in [5, 5.41) is 0. The van der Waals surface area contributed by atoms with Gasteiger partial charge in [0, 0.05) is 6.42 Å². The van der Waals surface area contributed by atoms with Crippen molar-refractivity contribution in [3.05, 3.63) is 49.1 Å². The molecule has 2 saturated carbocycles. The average molecular weight is 298 g/mol. The second kappa shape index (κ2) is 6.33. The summed E-state index contributed by atoms with van der Waals surface area (Å²) < 4.78 is 12.4. The minimum atomic E-state index is 0.446. The third kappa shape index (κ3) is 2.83. The first-order valence-corrected chi connectivity index (χ1v) is 8.87. The molecule has 0 N–H and O–H groups in total. The van der Waals surface area contributed by atoms with Crippen molar-refractivity contribution in [1.82, 2.24) is 0 Å². The standard InChI is InChI=1S/C20H26O2/c1-2-6-14(15-7-4-3-5-8-15)9-10-20-21-18-12-16-11-17(18)13-19(16)22-20/h3-5,7-8,14,16-19H,1-2,6,9-13H2. The van der Waals surface area contributed by atoms with Crippen LogP contribution in [-0.4, -0.2) is 12.2 Å². The largest absolute Gasteiger partial charge is 0.342 e. The van der Waals surface area contributed by atoms with E-state index in [9.17, 15) is 0 Å². The van der Waals surface area contributed by atoms with E-state index in [-0.39, 0.29) is 0 Å². The SMILES string of the molecule is [CH2]CCC(CC[C]1OC2CC3CC2CC3O1)c1ccccc1. The number of hydrogen-bond donors (Lipinski definition) is 0. The zero-order chi connectivity index (χ0) is 14.9. The smallest absolute Gasteiger partial charge is 0.224 e. The van der Waals surface area contributed by atoms with E-state index in [1.54, 1.807) is 0 Å². The van der Waals surface area contributed by atoms with Gasteiger partial charge in [-0.25, -0.2) is 0 Å². The number of hydrogen-bond acceptors (Lipinski definition) is 2. The highest BCUT2D eigenvalue weighted by molar-refractivity contribution is 5.19. The van der Waals surface area contributed by atoms with E-state index < -0.39 is 0 Å². The normalized spacial score (nSPS) is 35.0. The van der Waals surface area contributed by atoms with Crippen LogP contribution >= 0.6 is 0 Å². The number of benzene rings is 1. The molecule has 2 aliphatic heterocycles. The lowest BCUT2D eigenvalue weighted by molar-refractivity contribution is -0.0812. The molecule has 118 valence electrons. The molecule has 4 bridgehead atoms. The average Bonchev–Trinajstić information content (AvgIpc) is 3.01. The summed E-state index contributed by atoms with van der Waals surface area (Å²) in [6.45, 7) is 4.04. The van der Waals surface area contributed by atoms with E-state index in [0.29, 0.717) is 18.1 Å². The van der Waals surface area contributed by atoms with Crippen LogP contribution in [0.15, 0.2) is 30.3 Å². The van der Waals surface area contributed by atoms with Crippen LogP contribution in [-0.2, 0) is 9.47 Å². The molecule has 2 nitrogen and oxygen atoms in total. The van der Waals surface area contributed by atoms with E-state index in [1.807, 2.05) is 0 Å². The van der Waals surface area contributed by atoms with Crippen molar-refractivity contribution in [1.29, 1.82) is 0 Å². The molecule has 2 heteroatoms. The molecule has 1 aromatic rings.